The van der Waals surface area contributed by atoms with Crippen LogP contribution in [0.15, 0.2) is 0 Å². The highest BCUT2D eigenvalue weighted by atomic mass is 16.4. The first kappa shape index (κ1) is 13.9. The summed E-state index contributed by atoms with van der Waals surface area (Å²) >= 11 is 0. The zero-order valence-corrected chi connectivity index (χ0v) is 9.54. The van der Waals surface area contributed by atoms with Gasteiger partial charge in [-0.1, -0.05) is 13.8 Å². The summed E-state index contributed by atoms with van der Waals surface area (Å²) in [6.45, 7) is 5.09. The summed E-state index contributed by atoms with van der Waals surface area (Å²) in [6, 6.07) is -0.208. The summed E-state index contributed by atoms with van der Waals surface area (Å²) in [7, 11) is 0. The van der Waals surface area contributed by atoms with Gasteiger partial charge in [0.05, 0.1) is 0 Å². The van der Waals surface area contributed by atoms with Crippen molar-refractivity contribution < 1.29 is 14.7 Å². The Morgan fingerprint density at radius 3 is 2.33 bits per heavy atom. The van der Waals surface area contributed by atoms with Crippen molar-refractivity contribution in [3.63, 3.8) is 0 Å². The number of nitrogens with one attached hydrogen (secondary N) is 1. The summed E-state index contributed by atoms with van der Waals surface area (Å²) in [6.07, 6.45) is 1.21. The normalized spacial score (nSPS) is 16.5. The third kappa shape index (κ3) is 4.29. The molecule has 0 aromatic rings. The van der Waals surface area contributed by atoms with E-state index in [4.69, 9.17) is 10.8 Å². The zero-order valence-electron chi connectivity index (χ0n) is 9.54. The van der Waals surface area contributed by atoms with Gasteiger partial charge in [0, 0.05) is 12.5 Å². The Kier molecular flexibility index (Phi) is 5.28. The largest absolute Gasteiger partial charge is 0.480 e. The molecule has 2 atom stereocenters. The van der Waals surface area contributed by atoms with Gasteiger partial charge in [-0.2, -0.15) is 0 Å². The third-order valence-corrected chi connectivity index (χ3v) is 2.57. The monoisotopic (exact) mass is 216 g/mol. The van der Waals surface area contributed by atoms with E-state index in [2.05, 4.69) is 5.32 Å². The molecule has 15 heavy (non-hydrogen) atoms. The number of amides is 1. The first-order valence-electron chi connectivity index (χ1n) is 5.15. The molecule has 88 valence electrons. The van der Waals surface area contributed by atoms with Crippen LogP contribution in [0.4, 0.5) is 0 Å². The van der Waals surface area contributed by atoms with Gasteiger partial charge in [-0.15, -0.1) is 0 Å². The van der Waals surface area contributed by atoms with Crippen LogP contribution in [0.2, 0.25) is 0 Å². The lowest BCUT2D eigenvalue weighted by Crippen LogP contribution is -2.52. The Balaban J connectivity index is 4.31. The molecular weight excluding hydrogens is 196 g/mol. The molecule has 0 aliphatic heterocycles. The van der Waals surface area contributed by atoms with Crippen LogP contribution >= 0.6 is 0 Å². The van der Waals surface area contributed by atoms with E-state index in [9.17, 15) is 9.59 Å². The van der Waals surface area contributed by atoms with Crippen molar-refractivity contribution >= 4 is 11.9 Å². The molecule has 0 heterocycles. The highest BCUT2D eigenvalue weighted by molar-refractivity contribution is 5.86. The molecule has 0 aliphatic carbocycles. The SMILES string of the molecule is CCC(N)CC(=O)NC(C)(CC)C(=O)O. The van der Waals surface area contributed by atoms with E-state index < -0.39 is 11.5 Å². The van der Waals surface area contributed by atoms with Gasteiger partial charge in [0.15, 0.2) is 0 Å². The van der Waals surface area contributed by atoms with Crippen molar-refractivity contribution in [2.75, 3.05) is 0 Å². The van der Waals surface area contributed by atoms with Crippen LogP contribution in [-0.2, 0) is 9.59 Å². The number of rotatable bonds is 6. The van der Waals surface area contributed by atoms with Crippen LogP contribution in [0.1, 0.15) is 40.0 Å². The third-order valence-electron chi connectivity index (χ3n) is 2.57. The fourth-order valence-corrected chi connectivity index (χ4v) is 1.03. The summed E-state index contributed by atoms with van der Waals surface area (Å²) in [4.78, 5) is 22.3. The van der Waals surface area contributed by atoms with Gasteiger partial charge in [-0.3, -0.25) is 4.79 Å². The minimum absolute atomic E-state index is 0.166. The number of carbonyl (C=O) groups is 2. The van der Waals surface area contributed by atoms with Gasteiger partial charge < -0.3 is 16.2 Å². The second kappa shape index (κ2) is 5.70. The van der Waals surface area contributed by atoms with Crippen LogP contribution in [-0.4, -0.2) is 28.6 Å². The molecule has 0 aromatic carbocycles. The molecule has 0 radical (unpaired) electrons. The molecule has 5 heteroatoms. The molecule has 0 aromatic heterocycles. The molecule has 0 saturated carbocycles. The van der Waals surface area contributed by atoms with Crippen LogP contribution in [0.3, 0.4) is 0 Å². The summed E-state index contributed by atoms with van der Waals surface area (Å²) in [5.74, 6) is -1.33. The average Bonchev–Trinajstić information content (AvgIpc) is 2.16. The van der Waals surface area contributed by atoms with Gasteiger partial charge in [0.25, 0.3) is 0 Å². The van der Waals surface area contributed by atoms with E-state index in [0.29, 0.717) is 12.8 Å². The first-order chi connectivity index (χ1) is 6.85. The minimum Gasteiger partial charge on any atom is -0.480 e. The molecule has 0 fully saturated rings. The molecule has 0 bridgehead atoms. The van der Waals surface area contributed by atoms with Gasteiger partial charge in [0.2, 0.25) is 5.91 Å². The number of carbonyl (C=O) groups excluding carboxylic acids is 1. The van der Waals surface area contributed by atoms with Gasteiger partial charge in [0.1, 0.15) is 5.54 Å². The van der Waals surface area contributed by atoms with Crippen molar-refractivity contribution in [1.82, 2.24) is 5.32 Å². The standard InChI is InChI=1S/C10H20N2O3/c1-4-7(11)6-8(13)12-10(3,5-2)9(14)15/h7H,4-6,11H2,1-3H3,(H,12,13)(H,14,15). The Labute approximate surface area is 90.0 Å². The van der Waals surface area contributed by atoms with Crippen LogP contribution < -0.4 is 11.1 Å². The molecule has 0 rings (SSSR count). The number of carboxylic acid groups (broad SMARTS) is 1. The highest BCUT2D eigenvalue weighted by Gasteiger charge is 2.32. The summed E-state index contributed by atoms with van der Waals surface area (Å²) in [5.41, 5.74) is 4.41. The lowest BCUT2D eigenvalue weighted by Gasteiger charge is -2.25. The minimum atomic E-state index is -1.19. The van der Waals surface area contributed by atoms with Crippen molar-refractivity contribution in [2.45, 2.75) is 51.6 Å². The maximum atomic E-state index is 11.4. The fourth-order valence-electron chi connectivity index (χ4n) is 1.03. The number of aliphatic carboxylic acids is 1. The smallest absolute Gasteiger partial charge is 0.329 e. The molecule has 0 saturated heterocycles. The molecule has 5 nitrogen and oxygen atoms in total. The molecule has 0 spiro atoms. The quantitative estimate of drug-likeness (QED) is 0.602. The molecule has 2 unspecified atom stereocenters. The van der Waals surface area contributed by atoms with Gasteiger partial charge >= 0.3 is 5.97 Å². The van der Waals surface area contributed by atoms with E-state index in [1.807, 2.05) is 6.92 Å². The lowest BCUT2D eigenvalue weighted by atomic mass is 9.98. The number of carboxylic acids is 1. The van der Waals surface area contributed by atoms with E-state index in [-0.39, 0.29) is 18.4 Å². The molecule has 4 N–H and O–H groups in total. The first-order valence-corrected chi connectivity index (χ1v) is 5.15. The Bertz CT molecular complexity index is 243. The number of nitrogens with two attached hydrogens (primary N) is 1. The van der Waals surface area contributed by atoms with Gasteiger partial charge in [-0.25, -0.2) is 4.79 Å². The fraction of sp³-hybridized carbons (Fsp3) is 0.800. The second-order valence-electron chi connectivity index (χ2n) is 3.91. The van der Waals surface area contributed by atoms with Crippen molar-refractivity contribution in [3.05, 3.63) is 0 Å². The maximum absolute atomic E-state index is 11.4. The topological polar surface area (TPSA) is 92.4 Å². The van der Waals surface area contributed by atoms with Crippen LogP contribution in [0, 0.1) is 0 Å². The summed E-state index contributed by atoms with van der Waals surface area (Å²) < 4.78 is 0. The zero-order chi connectivity index (χ0) is 12.1. The predicted molar refractivity (Wildman–Crippen MR) is 57.4 cm³/mol. The van der Waals surface area contributed by atoms with Crippen LogP contribution in [0.5, 0.6) is 0 Å². The second-order valence-corrected chi connectivity index (χ2v) is 3.91. The lowest BCUT2D eigenvalue weighted by molar-refractivity contribution is -0.147. The molecular formula is C10H20N2O3. The van der Waals surface area contributed by atoms with Gasteiger partial charge in [-0.05, 0) is 19.8 Å². The van der Waals surface area contributed by atoms with E-state index in [0.717, 1.165) is 0 Å². The predicted octanol–water partition coefficient (Wildman–Crippen LogP) is 0.483. The van der Waals surface area contributed by atoms with E-state index in [1.54, 1.807) is 6.92 Å². The van der Waals surface area contributed by atoms with Crippen molar-refractivity contribution in [3.8, 4) is 0 Å². The highest BCUT2D eigenvalue weighted by Crippen LogP contribution is 2.09. The molecule has 1 amide bonds. The van der Waals surface area contributed by atoms with Crippen LogP contribution in [0.25, 0.3) is 0 Å². The number of hydrogen-bond acceptors (Lipinski definition) is 3. The average molecular weight is 216 g/mol. The van der Waals surface area contributed by atoms with E-state index in [1.165, 1.54) is 6.92 Å². The Morgan fingerprint density at radius 1 is 1.47 bits per heavy atom. The van der Waals surface area contributed by atoms with E-state index >= 15 is 0 Å². The van der Waals surface area contributed by atoms with Crippen molar-refractivity contribution in [1.29, 1.82) is 0 Å². The Morgan fingerprint density at radius 2 is 2.00 bits per heavy atom. The number of hydrogen-bond donors (Lipinski definition) is 3. The maximum Gasteiger partial charge on any atom is 0.329 e. The Hall–Kier alpha value is -1.10. The summed E-state index contributed by atoms with van der Waals surface area (Å²) in [5, 5.41) is 11.4. The molecule has 0 aliphatic rings. The van der Waals surface area contributed by atoms with Crippen molar-refractivity contribution in [2.24, 2.45) is 5.73 Å².